The summed E-state index contributed by atoms with van der Waals surface area (Å²) < 4.78 is 0. The van der Waals surface area contributed by atoms with Crippen molar-refractivity contribution < 1.29 is 0 Å². The molecule has 0 aliphatic carbocycles. The maximum Gasteiger partial charge on any atom is 0.00103 e. The van der Waals surface area contributed by atoms with Crippen molar-refractivity contribution in [2.45, 2.75) is 39.7 Å². The minimum atomic E-state index is 0.617. The van der Waals surface area contributed by atoms with E-state index >= 15 is 0 Å². The molecule has 1 nitrogen and oxygen atoms in total. The summed E-state index contributed by atoms with van der Waals surface area (Å²) in [5, 5.41) is 3.40. The Labute approximate surface area is 70.9 Å². The second-order valence-electron chi connectivity index (χ2n) is 3.53. The molecule has 66 valence electrons. The topological polar surface area (TPSA) is 12.0 Å². The van der Waals surface area contributed by atoms with E-state index in [0.717, 1.165) is 18.9 Å². The fourth-order valence-corrected chi connectivity index (χ4v) is 1.02. The van der Waals surface area contributed by atoms with Crippen LogP contribution in [-0.2, 0) is 0 Å². The van der Waals surface area contributed by atoms with Crippen molar-refractivity contribution in [3.05, 3.63) is 12.7 Å². The fraction of sp³-hybridized carbons (Fsp3) is 0.800. The third kappa shape index (κ3) is 7.60. The van der Waals surface area contributed by atoms with Crippen LogP contribution in [0.15, 0.2) is 12.7 Å². The Balaban J connectivity index is 3.16. The van der Waals surface area contributed by atoms with Gasteiger partial charge in [-0.1, -0.05) is 26.8 Å². The van der Waals surface area contributed by atoms with Crippen molar-refractivity contribution in [2.24, 2.45) is 5.92 Å². The van der Waals surface area contributed by atoms with Gasteiger partial charge in [0.15, 0.2) is 0 Å². The Kier molecular flexibility index (Phi) is 6.24. The van der Waals surface area contributed by atoms with Gasteiger partial charge in [0.05, 0.1) is 0 Å². The van der Waals surface area contributed by atoms with E-state index in [2.05, 4.69) is 32.7 Å². The minimum Gasteiger partial charge on any atom is -0.315 e. The summed E-state index contributed by atoms with van der Waals surface area (Å²) in [5.41, 5.74) is 0. The van der Waals surface area contributed by atoms with Crippen LogP contribution < -0.4 is 5.32 Å². The monoisotopic (exact) mass is 155 g/mol. The van der Waals surface area contributed by atoms with Crippen LogP contribution in [-0.4, -0.2) is 12.6 Å². The third-order valence-electron chi connectivity index (χ3n) is 1.76. The van der Waals surface area contributed by atoms with Crippen molar-refractivity contribution in [3.63, 3.8) is 0 Å². The molecular formula is C10H21N. The lowest BCUT2D eigenvalue weighted by Gasteiger charge is -2.11. The Morgan fingerprint density at radius 2 is 2.00 bits per heavy atom. The fourth-order valence-electron chi connectivity index (χ4n) is 1.02. The SMILES string of the molecule is C=CCC(C)CCNC(C)C. The lowest BCUT2D eigenvalue weighted by atomic mass is 10.0. The molecule has 0 aromatic heterocycles. The number of allylic oxidation sites excluding steroid dienone is 1. The molecule has 0 bridgehead atoms. The summed E-state index contributed by atoms with van der Waals surface area (Å²) in [6.07, 6.45) is 4.39. The van der Waals surface area contributed by atoms with E-state index in [1.54, 1.807) is 0 Å². The van der Waals surface area contributed by atoms with Gasteiger partial charge in [0.25, 0.3) is 0 Å². The molecule has 0 fully saturated rings. The first-order chi connectivity index (χ1) is 5.16. The average molecular weight is 155 g/mol. The van der Waals surface area contributed by atoms with E-state index in [9.17, 15) is 0 Å². The lowest BCUT2D eigenvalue weighted by molar-refractivity contribution is 0.482. The molecule has 0 rings (SSSR count). The summed E-state index contributed by atoms with van der Waals surface area (Å²) >= 11 is 0. The molecule has 0 radical (unpaired) electrons. The Bertz CT molecular complexity index is 97.0. The molecule has 0 aliphatic heterocycles. The van der Waals surface area contributed by atoms with E-state index in [-0.39, 0.29) is 0 Å². The van der Waals surface area contributed by atoms with Crippen LogP contribution in [0.5, 0.6) is 0 Å². The molecule has 0 spiro atoms. The second kappa shape index (κ2) is 6.41. The van der Waals surface area contributed by atoms with Crippen LogP contribution in [0, 0.1) is 5.92 Å². The van der Waals surface area contributed by atoms with Gasteiger partial charge in [0, 0.05) is 6.04 Å². The molecule has 1 heteroatoms. The van der Waals surface area contributed by atoms with E-state index in [1.807, 2.05) is 6.08 Å². The molecular weight excluding hydrogens is 134 g/mol. The zero-order valence-electron chi connectivity index (χ0n) is 8.06. The molecule has 0 aliphatic rings. The second-order valence-corrected chi connectivity index (χ2v) is 3.53. The van der Waals surface area contributed by atoms with Gasteiger partial charge in [-0.3, -0.25) is 0 Å². The molecule has 11 heavy (non-hydrogen) atoms. The van der Waals surface area contributed by atoms with Crippen LogP contribution in [0.1, 0.15) is 33.6 Å². The Hall–Kier alpha value is -0.300. The van der Waals surface area contributed by atoms with E-state index < -0.39 is 0 Å². The molecule has 0 aromatic rings. The standard InChI is InChI=1S/C10H21N/c1-5-6-10(4)7-8-11-9(2)3/h5,9-11H,1,6-8H2,2-4H3. The summed E-state index contributed by atoms with van der Waals surface area (Å²) in [6, 6.07) is 0.617. The molecule has 0 heterocycles. The molecule has 1 atom stereocenters. The quantitative estimate of drug-likeness (QED) is 0.581. The van der Waals surface area contributed by atoms with Gasteiger partial charge in [0.2, 0.25) is 0 Å². The van der Waals surface area contributed by atoms with Gasteiger partial charge in [0.1, 0.15) is 0 Å². The van der Waals surface area contributed by atoms with Gasteiger partial charge in [-0.2, -0.15) is 0 Å². The van der Waals surface area contributed by atoms with Gasteiger partial charge in [-0.05, 0) is 25.3 Å². The first-order valence-electron chi connectivity index (χ1n) is 4.51. The zero-order chi connectivity index (χ0) is 8.69. The summed E-state index contributed by atoms with van der Waals surface area (Å²) in [7, 11) is 0. The van der Waals surface area contributed by atoms with Crippen LogP contribution in [0.4, 0.5) is 0 Å². The third-order valence-corrected chi connectivity index (χ3v) is 1.76. The van der Waals surface area contributed by atoms with Crippen molar-refractivity contribution >= 4 is 0 Å². The van der Waals surface area contributed by atoms with Crippen LogP contribution >= 0.6 is 0 Å². The van der Waals surface area contributed by atoms with Crippen molar-refractivity contribution in [3.8, 4) is 0 Å². The number of hydrogen-bond acceptors (Lipinski definition) is 1. The van der Waals surface area contributed by atoms with Crippen LogP contribution in [0.2, 0.25) is 0 Å². The van der Waals surface area contributed by atoms with E-state index in [0.29, 0.717) is 6.04 Å². The van der Waals surface area contributed by atoms with Gasteiger partial charge in [-0.15, -0.1) is 6.58 Å². The molecule has 1 unspecified atom stereocenters. The summed E-state index contributed by atoms with van der Waals surface area (Å²) in [5.74, 6) is 0.777. The predicted molar refractivity (Wildman–Crippen MR) is 51.7 cm³/mol. The normalized spacial score (nSPS) is 13.5. The molecule has 0 saturated carbocycles. The molecule has 0 saturated heterocycles. The smallest absolute Gasteiger partial charge is 0.00103 e. The van der Waals surface area contributed by atoms with Crippen LogP contribution in [0.3, 0.4) is 0 Å². The molecule has 0 amide bonds. The maximum atomic E-state index is 3.72. The highest BCUT2D eigenvalue weighted by Crippen LogP contribution is 2.05. The highest BCUT2D eigenvalue weighted by molar-refractivity contribution is 4.71. The highest BCUT2D eigenvalue weighted by Gasteiger charge is 1.98. The molecule has 0 aromatic carbocycles. The van der Waals surface area contributed by atoms with Gasteiger partial charge in [-0.25, -0.2) is 0 Å². The largest absolute Gasteiger partial charge is 0.315 e. The van der Waals surface area contributed by atoms with Crippen molar-refractivity contribution in [2.75, 3.05) is 6.54 Å². The minimum absolute atomic E-state index is 0.617. The average Bonchev–Trinajstić information content (AvgIpc) is 1.87. The number of rotatable bonds is 6. The predicted octanol–water partition coefficient (Wildman–Crippen LogP) is 2.59. The van der Waals surface area contributed by atoms with Gasteiger partial charge >= 0.3 is 0 Å². The first kappa shape index (κ1) is 10.7. The van der Waals surface area contributed by atoms with Crippen molar-refractivity contribution in [1.29, 1.82) is 0 Å². The summed E-state index contributed by atoms with van der Waals surface area (Å²) in [4.78, 5) is 0. The molecule has 1 N–H and O–H groups in total. The number of hydrogen-bond donors (Lipinski definition) is 1. The first-order valence-corrected chi connectivity index (χ1v) is 4.51. The highest BCUT2D eigenvalue weighted by atomic mass is 14.9. The zero-order valence-corrected chi connectivity index (χ0v) is 8.06. The van der Waals surface area contributed by atoms with Crippen LogP contribution in [0.25, 0.3) is 0 Å². The Morgan fingerprint density at radius 3 is 2.45 bits per heavy atom. The van der Waals surface area contributed by atoms with Gasteiger partial charge < -0.3 is 5.32 Å². The lowest BCUT2D eigenvalue weighted by Crippen LogP contribution is -2.24. The maximum absolute atomic E-state index is 3.72. The van der Waals surface area contributed by atoms with E-state index in [4.69, 9.17) is 0 Å². The van der Waals surface area contributed by atoms with Crippen molar-refractivity contribution in [1.82, 2.24) is 5.32 Å². The summed E-state index contributed by atoms with van der Waals surface area (Å²) in [6.45, 7) is 11.5. The van der Waals surface area contributed by atoms with E-state index in [1.165, 1.54) is 6.42 Å². The number of nitrogens with one attached hydrogen (secondary N) is 1. The Morgan fingerprint density at radius 1 is 1.36 bits per heavy atom.